The fourth-order valence-corrected chi connectivity index (χ4v) is 1.87. The van der Waals surface area contributed by atoms with Crippen molar-refractivity contribution in [2.75, 3.05) is 6.61 Å². The Bertz CT molecular complexity index is 667. The minimum atomic E-state index is -0.166. The Balaban J connectivity index is 2.08. The molecule has 0 aliphatic carbocycles. The van der Waals surface area contributed by atoms with Crippen molar-refractivity contribution in [1.29, 1.82) is 0 Å². The van der Waals surface area contributed by atoms with Crippen LogP contribution in [0.25, 0.3) is 0 Å². The summed E-state index contributed by atoms with van der Waals surface area (Å²) in [6, 6.07) is 5.47. The molecule has 108 valence electrons. The van der Waals surface area contributed by atoms with E-state index in [4.69, 9.17) is 5.11 Å². The van der Waals surface area contributed by atoms with Gasteiger partial charge in [-0.05, 0) is 30.7 Å². The number of rotatable bonds is 4. The van der Waals surface area contributed by atoms with Crippen LogP contribution in [-0.4, -0.2) is 27.6 Å². The summed E-state index contributed by atoms with van der Waals surface area (Å²) in [6.45, 7) is 2.31. The maximum absolute atomic E-state index is 12.1. The normalized spacial score (nSPS) is 9.81. The molecule has 5 heteroatoms. The molecule has 0 spiro atoms. The molecule has 2 aromatic rings. The van der Waals surface area contributed by atoms with E-state index in [0.717, 1.165) is 11.1 Å². The van der Waals surface area contributed by atoms with Crippen LogP contribution in [0.1, 0.15) is 33.7 Å². The highest BCUT2D eigenvalue weighted by molar-refractivity contribution is 5.94. The van der Waals surface area contributed by atoms with Crippen LogP contribution >= 0.6 is 0 Å². The molecule has 0 bridgehead atoms. The highest BCUT2D eigenvalue weighted by Crippen LogP contribution is 2.09. The minimum Gasteiger partial charge on any atom is -0.395 e. The molecule has 0 saturated heterocycles. The van der Waals surface area contributed by atoms with E-state index in [1.807, 2.05) is 19.1 Å². The molecule has 0 aliphatic heterocycles. The average Bonchev–Trinajstić information content (AvgIpc) is 2.98. The number of imidazole rings is 1. The molecule has 1 amide bonds. The van der Waals surface area contributed by atoms with E-state index in [-0.39, 0.29) is 12.5 Å². The second-order valence-electron chi connectivity index (χ2n) is 4.58. The van der Waals surface area contributed by atoms with Gasteiger partial charge in [0.1, 0.15) is 5.82 Å². The minimum absolute atomic E-state index is 0.0370. The Labute approximate surface area is 123 Å². The van der Waals surface area contributed by atoms with Gasteiger partial charge in [0.05, 0.1) is 13.2 Å². The number of carbonyl (C=O) groups is 1. The topological polar surface area (TPSA) is 78.0 Å². The number of amides is 1. The van der Waals surface area contributed by atoms with E-state index in [9.17, 15) is 4.79 Å². The predicted molar refractivity (Wildman–Crippen MR) is 79.5 cm³/mol. The summed E-state index contributed by atoms with van der Waals surface area (Å²) in [6.07, 6.45) is 3.78. The lowest BCUT2D eigenvalue weighted by molar-refractivity contribution is 0.0950. The molecule has 0 atom stereocenters. The van der Waals surface area contributed by atoms with E-state index >= 15 is 0 Å². The first kappa shape index (κ1) is 14.8. The summed E-state index contributed by atoms with van der Waals surface area (Å²) >= 11 is 0. The van der Waals surface area contributed by atoms with Gasteiger partial charge < -0.3 is 15.4 Å². The van der Waals surface area contributed by atoms with Gasteiger partial charge in [0.2, 0.25) is 0 Å². The lowest BCUT2D eigenvalue weighted by Gasteiger charge is -2.05. The van der Waals surface area contributed by atoms with Gasteiger partial charge in [-0.15, -0.1) is 0 Å². The lowest BCUT2D eigenvalue weighted by Crippen LogP contribution is -2.23. The van der Waals surface area contributed by atoms with Crippen LogP contribution in [-0.2, 0) is 6.54 Å². The van der Waals surface area contributed by atoms with Crippen molar-refractivity contribution < 1.29 is 9.90 Å². The summed E-state index contributed by atoms with van der Waals surface area (Å²) in [5, 5.41) is 11.5. The van der Waals surface area contributed by atoms with Crippen molar-refractivity contribution in [3.05, 3.63) is 53.1 Å². The summed E-state index contributed by atoms with van der Waals surface area (Å²) < 4.78 is 0. The number of aliphatic hydroxyl groups is 1. The number of benzene rings is 1. The van der Waals surface area contributed by atoms with Crippen molar-refractivity contribution in [3.8, 4) is 11.8 Å². The van der Waals surface area contributed by atoms with Gasteiger partial charge in [-0.25, -0.2) is 4.98 Å². The molecule has 0 aliphatic rings. The average molecular weight is 283 g/mol. The third kappa shape index (κ3) is 4.48. The number of nitrogens with zero attached hydrogens (tertiary/aromatic N) is 1. The van der Waals surface area contributed by atoms with Crippen LogP contribution < -0.4 is 5.32 Å². The molecule has 1 aromatic carbocycles. The molecule has 0 radical (unpaired) electrons. The molecular weight excluding hydrogens is 266 g/mol. The van der Waals surface area contributed by atoms with Gasteiger partial charge in [-0.2, -0.15) is 0 Å². The van der Waals surface area contributed by atoms with Gasteiger partial charge >= 0.3 is 0 Å². The molecule has 0 saturated carbocycles. The highest BCUT2D eigenvalue weighted by atomic mass is 16.2. The summed E-state index contributed by atoms with van der Waals surface area (Å²) in [5.74, 6) is 6.34. The maximum Gasteiger partial charge on any atom is 0.251 e. The van der Waals surface area contributed by atoms with E-state index in [1.165, 1.54) is 0 Å². The number of aromatic amines is 1. The van der Waals surface area contributed by atoms with Crippen molar-refractivity contribution >= 4 is 5.91 Å². The first-order valence-corrected chi connectivity index (χ1v) is 6.67. The van der Waals surface area contributed by atoms with E-state index in [1.54, 1.807) is 18.5 Å². The fourth-order valence-electron chi connectivity index (χ4n) is 1.87. The summed E-state index contributed by atoms with van der Waals surface area (Å²) in [7, 11) is 0. The number of aromatic nitrogens is 2. The number of H-pyrrole nitrogens is 1. The smallest absolute Gasteiger partial charge is 0.251 e. The molecule has 1 aromatic heterocycles. The quantitative estimate of drug-likeness (QED) is 0.742. The van der Waals surface area contributed by atoms with E-state index in [0.29, 0.717) is 24.4 Å². The third-order valence-electron chi connectivity index (χ3n) is 2.78. The van der Waals surface area contributed by atoms with Crippen molar-refractivity contribution in [2.45, 2.75) is 19.9 Å². The number of carbonyl (C=O) groups excluding carboxylic acids is 1. The summed E-state index contributed by atoms with van der Waals surface area (Å²) in [5.41, 5.74) is 2.30. The molecule has 0 fully saturated rings. The van der Waals surface area contributed by atoms with Gasteiger partial charge in [0.25, 0.3) is 5.91 Å². The largest absolute Gasteiger partial charge is 0.395 e. The third-order valence-corrected chi connectivity index (χ3v) is 2.78. The molecule has 5 nitrogen and oxygen atoms in total. The Morgan fingerprint density at radius 3 is 3.00 bits per heavy atom. The van der Waals surface area contributed by atoms with Gasteiger partial charge in [-0.3, -0.25) is 4.79 Å². The zero-order valence-corrected chi connectivity index (χ0v) is 11.8. The number of aryl methyl sites for hydroxylation is 1. The fraction of sp³-hybridized carbons (Fsp3) is 0.250. The van der Waals surface area contributed by atoms with Crippen molar-refractivity contribution in [3.63, 3.8) is 0 Å². The Hall–Kier alpha value is -2.58. The van der Waals surface area contributed by atoms with Gasteiger partial charge in [-0.1, -0.05) is 11.8 Å². The van der Waals surface area contributed by atoms with Crippen LogP contribution in [0.3, 0.4) is 0 Å². The van der Waals surface area contributed by atoms with Gasteiger partial charge in [0.15, 0.2) is 0 Å². The van der Waals surface area contributed by atoms with E-state index in [2.05, 4.69) is 27.1 Å². The van der Waals surface area contributed by atoms with Crippen LogP contribution in [0.4, 0.5) is 0 Å². The Morgan fingerprint density at radius 2 is 2.29 bits per heavy atom. The molecule has 0 unspecified atom stereocenters. The first-order valence-electron chi connectivity index (χ1n) is 6.67. The molecule has 3 N–H and O–H groups in total. The molecule has 2 rings (SSSR count). The first-order chi connectivity index (χ1) is 10.2. The lowest BCUT2D eigenvalue weighted by atomic mass is 10.1. The number of hydrogen-bond donors (Lipinski definition) is 3. The Morgan fingerprint density at radius 1 is 1.43 bits per heavy atom. The van der Waals surface area contributed by atoms with Gasteiger partial charge in [0, 0.05) is 29.9 Å². The standard InChI is InChI=1S/C16H17N3O2/c1-12-8-13(4-2-3-7-20)10-14(9-12)16(21)19-11-15-17-5-6-18-15/h5-6,8-10,20H,3,7,11H2,1H3,(H,17,18)(H,19,21). The zero-order valence-electron chi connectivity index (χ0n) is 11.8. The van der Waals surface area contributed by atoms with Crippen LogP contribution in [0.5, 0.6) is 0 Å². The number of nitrogens with one attached hydrogen (secondary N) is 2. The highest BCUT2D eigenvalue weighted by Gasteiger charge is 2.07. The van der Waals surface area contributed by atoms with Crippen molar-refractivity contribution in [1.82, 2.24) is 15.3 Å². The zero-order chi connectivity index (χ0) is 15.1. The molecular formula is C16H17N3O2. The SMILES string of the molecule is Cc1cc(C#CCCO)cc(C(=O)NCc2ncc[nH]2)c1. The van der Waals surface area contributed by atoms with Crippen LogP contribution in [0, 0.1) is 18.8 Å². The molecule has 1 heterocycles. The Kier molecular flexibility index (Phi) is 5.13. The molecule has 21 heavy (non-hydrogen) atoms. The second-order valence-corrected chi connectivity index (χ2v) is 4.58. The summed E-state index contributed by atoms with van der Waals surface area (Å²) in [4.78, 5) is 19.1. The monoisotopic (exact) mass is 283 g/mol. The predicted octanol–water partition coefficient (Wildman–Crippen LogP) is 1.38. The number of hydrogen-bond acceptors (Lipinski definition) is 3. The number of aliphatic hydroxyl groups excluding tert-OH is 1. The van der Waals surface area contributed by atoms with Crippen LogP contribution in [0.2, 0.25) is 0 Å². The van der Waals surface area contributed by atoms with Crippen molar-refractivity contribution in [2.24, 2.45) is 0 Å². The van der Waals surface area contributed by atoms with E-state index < -0.39 is 0 Å². The van der Waals surface area contributed by atoms with Crippen LogP contribution in [0.15, 0.2) is 30.6 Å². The second kappa shape index (κ2) is 7.27. The maximum atomic E-state index is 12.1.